The first kappa shape index (κ1) is 14.3. The van der Waals surface area contributed by atoms with Gasteiger partial charge in [-0.3, -0.25) is 0 Å². The molecule has 1 aromatic rings. The van der Waals surface area contributed by atoms with Crippen molar-refractivity contribution in [1.29, 1.82) is 0 Å². The molecule has 1 aliphatic rings. The zero-order chi connectivity index (χ0) is 13.9. The van der Waals surface area contributed by atoms with Gasteiger partial charge in [-0.25, -0.2) is 0 Å². The summed E-state index contributed by atoms with van der Waals surface area (Å²) in [6.07, 6.45) is 3.89. The number of likely N-dealkylation sites (N-methyl/N-ethyl adjacent to an activating group) is 1. The van der Waals surface area contributed by atoms with Crippen molar-refractivity contribution in [1.82, 2.24) is 15.5 Å². The van der Waals surface area contributed by atoms with Gasteiger partial charge in [0.05, 0.1) is 18.2 Å². The number of nitrogens with zero attached hydrogens (tertiary/aromatic N) is 3. The van der Waals surface area contributed by atoms with Crippen LogP contribution in [-0.4, -0.2) is 41.0 Å². The van der Waals surface area contributed by atoms with Crippen molar-refractivity contribution in [3.8, 4) is 0 Å². The summed E-state index contributed by atoms with van der Waals surface area (Å²) in [5.41, 5.74) is -0.601. The zero-order valence-corrected chi connectivity index (χ0v) is 12.0. The van der Waals surface area contributed by atoms with Crippen molar-refractivity contribution in [3.63, 3.8) is 0 Å². The lowest BCUT2D eigenvalue weighted by Gasteiger charge is -2.27. The van der Waals surface area contributed by atoms with Crippen molar-refractivity contribution in [2.45, 2.75) is 51.2 Å². The molecule has 2 N–H and O–H groups in total. The Morgan fingerprint density at radius 3 is 2.74 bits per heavy atom. The summed E-state index contributed by atoms with van der Waals surface area (Å²) < 4.78 is 5.65. The summed E-state index contributed by atoms with van der Waals surface area (Å²) in [6, 6.07) is 0.522. The molecule has 1 heterocycles. The summed E-state index contributed by atoms with van der Waals surface area (Å²) >= 11 is 0. The normalized spacial score (nSPS) is 19.6. The third-order valence-corrected chi connectivity index (χ3v) is 3.70. The van der Waals surface area contributed by atoms with Gasteiger partial charge >= 0.3 is 6.01 Å². The molecular weight excluding hydrogens is 244 g/mol. The van der Waals surface area contributed by atoms with E-state index in [9.17, 15) is 5.11 Å². The fourth-order valence-electron chi connectivity index (χ4n) is 2.65. The van der Waals surface area contributed by atoms with Gasteiger partial charge in [0.15, 0.2) is 0 Å². The van der Waals surface area contributed by atoms with Crippen LogP contribution in [0.15, 0.2) is 4.42 Å². The standard InChI is InChI=1S/C13H24N4O2/c1-4-14-10(2)11-15-16-12(19-11)17(3)9-13(18)7-5-6-8-13/h10,14,18H,4-9H2,1-3H3. The lowest BCUT2D eigenvalue weighted by atomic mass is 10.0. The van der Waals surface area contributed by atoms with Gasteiger partial charge in [0.1, 0.15) is 0 Å². The zero-order valence-electron chi connectivity index (χ0n) is 12.0. The number of hydrogen-bond donors (Lipinski definition) is 2. The number of aliphatic hydroxyl groups is 1. The highest BCUT2D eigenvalue weighted by Gasteiger charge is 2.33. The van der Waals surface area contributed by atoms with Gasteiger partial charge in [-0.05, 0) is 26.3 Å². The predicted octanol–water partition coefficient (Wildman–Crippen LogP) is 1.48. The maximum absolute atomic E-state index is 10.4. The van der Waals surface area contributed by atoms with Crippen LogP contribution < -0.4 is 10.2 Å². The molecule has 1 unspecified atom stereocenters. The van der Waals surface area contributed by atoms with Gasteiger partial charge in [-0.15, -0.1) is 5.10 Å². The minimum Gasteiger partial charge on any atom is -0.406 e. The van der Waals surface area contributed by atoms with E-state index in [0.29, 0.717) is 18.5 Å². The Morgan fingerprint density at radius 1 is 1.42 bits per heavy atom. The molecule has 0 radical (unpaired) electrons. The van der Waals surface area contributed by atoms with Gasteiger partial charge in [0.25, 0.3) is 0 Å². The molecule has 2 rings (SSSR count). The number of nitrogens with one attached hydrogen (secondary N) is 1. The smallest absolute Gasteiger partial charge is 0.318 e. The second-order valence-corrected chi connectivity index (χ2v) is 5.49. The fraction of sp³-hybridized carbons (Fsp3) is 0.846. The van der Waals surface area contributed by atoms with E-state index >= 15 is 0 Å². The highest BCUT2D eigenvalue weighted by Crippen LogP contribution is 2.31. The highest BCUT2D eigenvalue weighted by atomic mass is 16.4. The van der Waals surface area contributed by atoms with Crippen LogP contribution in [0.2, 0.25) is 0 Å². The molecule has 0 aliphatic heterocycles. The summed E-state index contributed by atoms with van der Waals surface area (Å²) in [7, 11) is 1.88. The maximum atomic E-state index is 10.4. The quantitative estimate of drug-likeness (QED) is 0.814. The molecule has 1 aliphatic carbocycles. The van der Waals surface area contributed by atoms with Crippen molar-refractivity contribution in [2.75, 3.05) is 25.0 Å². The Balaban J connectivity index is 1.97. The Hall–Kier alpha value is -1.14. The van der Waals surface area contributed by atoms with Crippen LogP contribution in [-0.2, 0) is 0 Å². The van der Waals surface area contributed by atoms with E-state index in [2.05, 4.69) is 15.5 Å². The number of hydrogen-bond acceptors (Lipinski definition) is 6. The lowest BCUT2D eigenvalue weighted by Crippen LogP contribution is -2.39. The fourth-order valence-corrected chi connectivity index (χ4v) is 2.65. The van der Waals surface area contributed by atoms with Crippen molar-refractivity contribution >= 4 is 6.01 Å². The highest BCUT2D eigenvalue weighted by molar-refractivity contribution is 5.24. The Labute approximate surface area is 114 Å². The van der Waals surface area contributed by atoms with E-state index in [1.807, 2.05) is 25.8 Å². The van der Waals surface area contributed by atoms with E-state index in [4.69, 9.17) is 4.42 Å². The van der Waals surface area contributed by atoms with Crippen molar-refractivity contribution in [2.24, 2.45) is 0 Å². The predicted molar refractivity (Wildman–Crippen MR) is 73.1 cm³/mol. The van der Waals surface area contributed by atoms with Gasteiger partial charge < -0.3 is 19.7 Å². The molecule has 0 spiro atoms. The van der Waals surface area contributed by atoms with Crippen LogP contribution in [0.5, 0.6) is 0 Å². The van der Waals surface area contributed by atoms with E-state index in [1.54, 1.807) is 0 Å². The monoisotopic (exact) mass is 268 g/mol. The second kappa shape index (κ2) is 5.88. The van der Waals surface area contributed by atoms with Crippen LogP contribution in [0.25, 0.3) is 0 Å². The molecule has 1 atom stereocenters. The molecule has 19 heavy (non-hydrogen) atoms. The van der Waals surface area contributed by atoms with Gasteiger partial charge in [0.2, 0.25) is 5.89 Å². The molecule has 1 aromatic heterocycles. The molecule has 1 saturated carbocycles. The van der Waals surface area contributed by atoms with Gasteiger partial charge in [0, 0.05) is 7.05 Å². The number of rotatable bonds is 6. The third kappa shape index (κ3) is 3.45. The van der Waals surface area contributed by atoms with Crippen molar-refractivity contribution in [3.05, 3.63) is 5.89 Å². The summed E-state index contributed by atoms with van der Waals surface area (Å²) in [6.45, 7) is 5.43. The van der Waals surface area contributed by atoms with Crippen LogP contribution >= 0.6 is 0 Å². The van der Waals surface area contributed by atoms with Crippen molar-refractivity contribution < 1.29 is 9.52 Å². The van der Waals surface area contributed by atoms with Gasteiger partial charge in [-0.2, -0.15) is 0 Å². The van der Waals surface area contributed by atoms with E-state index in [1.165, 1.54) is 0 Å². The first-order valence-electron chi connectivity index (χ1n) is 7.04. The van der Waals surface area contributed by atoms with Crippen LogP contribution in [0.4, 0.5) is 6.01 Å². The minimum absolute atomic E-state index is 0.0502. The SMILES string of the molecule is CCNC(C)c1nnc(N(C)CC2(O)CCCC2)o1. The number of anilines is 1. The third-order valence-electron chi connectivity index (χ3n) is 3.70. The summed E-state index contributed by atoms with van der Waals surface area (Å²) in [5, 5.41) is 21.7. The summed E-state index contributed by atoms with van der Waals surface area (Å²) in [4.78, 5) is 1.85. The largest absolute Gasteiger partial charge is 0.406 e. The van der Waals surface area contributed by atoms with Crippen LogP contribution in [0, 0.1) is 0 Å². The van der Waals surface area contributed by atoms with Crippen LogP contribution in [0.1, 0.15) is 51.5 Å². The molecule has 6 heteroatoms. The average molecular weight is 268 g/mol. The van der Waals surface area contributed by atoms with Gasteiger partial charge in [-0.1, -0.05) is 24.9 Å². The van der Waals surface area contributed by atoms with E-state index < -0.39 is 5.60 Å². The molecular formula is C13H24N4O2. The summed E-state index contributed by atoms with van der Waals surface area (Å²) in [5.74, 6) is 0.585. The molecule has 0 amide bonds. The molecule has 1 fully saturated rings. The molecule has 0 bridgehead atoms. The maximum Gasteiger partial charge on any atom is 0.318 e. The molecule has 6 nitrogen and oxygen atoms in total. The Bertz CT molecular complexity index is 401. The van der Waals surface area contributed by atoms with Crippen LogP contribution in [0.3, 0.4) is 0 Å². The lowest BCUT2D eigenvalue weighted by molar-refractivity contribution is 0.0549. The first-order chi connectivity index (χ1) is 9.04. The Morgan fingerprint density at radius 2 is 2.11 bits per heavy atom. The Kier molecular flexibility index (Phi) is 4.42. The minimum atomic E-state index is -0.601. The molecule has 108 valence electrons. The molecule has 0 aromatic carbocycles. The second-order valence-electron chi connectivity index (χ2n) is 5.49. The van der Waals surface area contributed by atoms with E-state index in [0.717, 1.165) is 32.2 Å². The van der Waals surface area contributed by atoms with E-state index in [-0.39, 0.29) is 6.04 Å². The first-order valence-corrected chi connectivity index (χ1v) is 7.04. The number of aromatic nitrogens is 2. The average Bonchev–Trinajstić information content (AvgIpc) is 2.98. The topological polar surface area (TPSA) is 74.4 Å². The molecule has 0 saturated heterocycles.